The van der Waals surface area contributed by atoms with Gasteiger partial charge in [0, 0.05) is 30.1 Å². The minimum absolute atomic E-state index is 0. The maximum absolute atomic E-state index is 12.6. The molecule has 8 heteroatoms. The molecule has 2 aromatic rings. The van der Waals surface area contributed by atoms with Crippen molar-refractivity contribution in [3.8, 4) is 17.6 Å². The summed E-state index contributed by atoms with van der Waals surface area (Å²) in [6.07, 6.45) is -2.39. The third kappa shape index (κ3) is 8.12. The Morgan fingerprint density at radius 2 is 1.76 bits per heavy atom. The van der Waals surface area contributed by atoms with Gasteiger partial charge in [-0.2, -0.15) is 13.2 Å². The number of rotatable bonds is 6. The van der Waals surface area contributed by atoms with Crippen molar-refractivity contribution in [1.29, 1.82) is 0 Å². The molecule has 2 atom stereocenters. The van der Waals surface area contributed by atoms with Crippen molar-refractivity contribution in [2.75, 3.05) is 13.7 Å². The Morgan fingerprint density at radius 1 is 1.06 bits per heavy atom. The maximum atomic E-state index is 12.6. The molecule has 1 fully saturated rings. The van der Waals surface area contributed by atoms with Gasteiger partial charge in [0.1, 0.15) is 5.75 Å². The Labute approximate surface area is 206 Å². The van der Waals surface area contributed by atoms with Gasteiger partial charge in [-0.3, -0.25) is 0 Å². The molecule has 3 rings (SSSR count). The summed E-state index contributed by atoms with van der Waals surface area (Å²) < 4.78 is 43.3. The summed E-state index contributed by atoms with van der Waals surface area (Å²) in [5.74, 6) is 4.48. The van der Waals surface area contributed by atoms with Crippen LogP contribution in [-0.4, -0.2) is 25.9 Å². The molecule has 1 aliphatic heterocycles. The van der Waals surface area contributed by atoms with E-state index >= 15 is 0 Å². The molecule has 182 valence electrons. The SMILES string of the molecule is COc1ccc(C(C)(C)C#CC(F)(F)F)cc1CN[C@H]1CCCN[C@H]1c1ccccc1.Cl.Cl. The standard InChI is InChI=1S/C25H29F3N2O.2ClH/c1-24(2,13-14-25(26,27)28)20-11-12-22(31-3)19(16-20)17-30-21-10-7-15-29-23(21)18-8-5-4-6-9-18;;/h4-6,8-9,11-12,16,21,23,29-30H,7,10,15,17H2,1-3H3;2*1H/t21-,23-;;/m0../s1. The van der Waals surface area contributed by atoms with Gasteiger partial charge in [-0.25, -0.2) is 0 Å². The van der Waals surface area contributed by atoms with Crippen LogP contribution in [-0.2, 0) is 12.0 Å². The fourth-order valence-corrected chi connectivity index (χ4v) is 3.96. The fraction of sp³-hybridized carbons (Fsp3) is 0.440. The maximum Gasteiger partial charge on any atom is 0.457 e. The first-order chi connectivity index (χ1) is 14.7. The van der Waals surface area contributed by atoms with Crippen LogP contribution in [0.5, 0.6) is 5.75 Å². The highest BCUT2D eigenvalue weighted by atomic mass is 35.5. The number of benzene rings is 2. The summed E-state index contributed by atoms with van der Waals surface area (Å²) in [7, 11) is 1.60. The average molecular weight is 503 g/mol. The number of nitrogens with one attached hydrogen (secondary N) is 2. The molecule has 0 unspecified atom stereocenters. The first-order valence-corrected chi connectivity index (χ1v) is 10.5. The molecule has 0 spiro atoms. The van der Waals surface area contributed by atoms with Crippen molar-refractivity contribution >= 4 is 24.8 Å². The summed E-state index contributed by atoms with van der Waals surface area (Å²) >= 11 is 0. The molecule has 0 bridgehead atoms. The zero-order valence-corrected chi connectivity index (χ0v) is 20.6. The van der Waals surface area contributed by atoms with Crippen LogP contribution in [0, 0.1) is 11.8 Å². The lowest BCUT2D eigenvalue weighted by atomic mass is 9.84. The minimum atomic E-state index is -4.51. The molecule has 0 aliphatic carbocycles. The number of piperidine rings is 1. The lowest BCUT2D eigenvalue weighted by Crippen LogP contribution is -2.45. The Morgan fingerprint density at radius 3 is 2.39 bits per heavy atom. The van der Waals surface area contributed by atoms with Crippen LogP contribution in [0.25, 0.3) is 0 Å². The number of methoxy groups -OCH3 is 1. The monoisotopic (exact) mass is 502 g/mol. The molecule has 33 heavy (non-hydrogen) atoms. The average Bonchev–Trinajstić information content (AvgIpc) is 2.76. The Kier molecular flexibility index (Phi) is 11.1. The summed E-state index contributed by atoms with van der Waals surface area (Å²) in [5, 5.41) is 7.24. The second-order valence-corrected chi connectivity index (χ2v) is 8.37. The van der Waals surface area contributed by atoms with E-state index in [4.69, 9.17) is 4.74 Å². The van der Waals surface area contributed by atoms with Gasteiger partial charge in [0.25, 0.3) is 0 Å². The molecule has 0 saturated carbocycles. The van der Waals surface area contributed by atoms with Gasteiger partial charge in [0.05, 0.1) is 12.5 Å². The van der Waals surface area contributed by atoms with E-state index in [1.165, 1.54) is 11.5 Å². The van der Waals surface area contributed by atoms with E-state index in [9.17, 15) is 13.2 Å². The first-order valence-electron chi connectivity index (χ1n) is 10.5. The van der Waals surface area contributed by atoms with Crippen LogP contribution in [0.2, 0.25) is 0 Å². The Hall–Kier alpha value is -1.91. The molecule has 0 radical (unpaired) electrons. The number of alkyl halides is 3. The summed E-state index contributed by atoms with van der Waals surface area (Å²) in [5.41, 5.74) is 1.93. The molecule has 1 aliphatic rings. The summed E-state index contributed by atoms with van der Waals surface area (Å²) in [6, 6.07) is 16.3. The molecule has 0 amide bonds. The molecular formula is C25H31Cl2F3N2O. The van der Waals surface area contributed by atoms with E-state index < -0.39 is 11.6 Å². The smallest absolute Gasteiger partial charge is 0.457 e. The van der Waals surface area contributed by atoms with E-state index in [0.717, 1.165) is 30.5 Å². The highest BCUT2D eigenvalue weighted by Crippen LogP contribution is 2.30. The van der Waals surface area contributed by atoms with Gasteiger partial charge < -0.3 is 15.4 Å². The number of halogens is 5. The van der Waals surface area contributed by atoms with Crippen LogP contribution in [0.4, 0.5) is 13.2 Å². The second-order valence-electron chi connectivity index (χ2n) is 8.37. The van der Waals surface area contributed by atoms with Crippen molar-refractivity contribution in [1.82, 2.24) is 10.6 Å². The normalized spacial score (nSPS) is 18.2. The Bertz CT molecular complexity index is 940. The van der Waals surface area contributed by atoms with Crippen LogP contribution < -0.4 is 15.4 Å². The third-order valence-corrected chi connectivity index (χ3v) is 5.69. The van der Waals surface area contributed by atoms with Crippen molar-refractivity contribution < 1.29 is 17.9 Å². The van der Waals surface area contributed by atoms with E-state index in [0.29, 0.717) is 12.3 Å². The van der Waals surface area contributed by atoms with Crippen molar-refractivity contribution in [2.24, 2.45) is 0 Å². The highest BCUT2D eigenvalue weighted by molar-refractivity contribution is 5.85. The van der Waals surface area contributed by atoms with Crippen LogP contribution in [0.1, 0.15) is 49.4 Å². The van der Waals surface area contributed by atoms with Gasteiger partial charge in [0.2, 0.25) is 0 Å². The molecule has 2 aromatic carbocycles. The number of hydrogen-bond donors (Lipinski definition) is 2. The molecule has 0 aromatic heterocycles. The Balaban J connectivity index is 0.00000272. The zero-order valence-electron chi connectivity index (χ0n) is 19.0. The van der Waals surface area contributed by atoms with Gasteiger partial charge >= 0.3 is 6.18 Å². The minimum Gasteiger partial charge on any atom is -0.496 e. The van der Waals surface area contributed by atoms with Gasteiger partial charge in [0.15, 0.2) is 0 Å². The lowest BCUT2D eigenvalue weighted by molar-refractivity contribution is -0.0698. The topological polar surface area (TPSA) is 33.3 Å². The molecule has 3 nitrogen and oxygen atoms in total. The van der Waals surface area contributed by atoms with Gasteiger partial charge in [-0.15, -0.1) is 24.8 Å². The van der Waals surface area contributed by atoms with Gasteiger partial charge in [-0.1, -0.05) is 42.3 Å². The predicted octanol–water partition coefficient (Wildman–Crippen LogP) is 5.97. The quantitative estimate of drug-likeness (QED) is 0.477. The number of ether oxygens (including phenoxy) is 1. The third-order valence-electron chi connectivity index (χ3n) is 5.69. The van der Waals surface area contributed by atoms with E-state index in [-0.39, 0.29) is 36.9 Å². The molecule has 1 heterocycles. The number of hydrogen-bond acceptors (Lipinski definition) is 3. The van der Waals surface area contributed by atoms with E-state index in [1.807, 2.05) is 24.3 Å². The fourth-order valence-electron chi connectivity index (χ4n) is 3.96. The van der Waals surface area contributed by atoms with Crippen LogP contribution >= 0.6 is 24.8 Å². The van der Waals surface area contributed by atoms with Crippen molar-refractivity contribution in [3.63, 3.8) is 0 Å². The van der Waals surface area contributed by atoms with Gasteiger partial charge in [-0.05, 0) is 56.5 Å². The van der Waals surface area contributed by atoms with Crippen LogP contribution in [0.3, 0.4) is 0 Å². The second kappa shape index (κ2) is 12.5. The molecule has 1 saturated heterocycles. The van der Waals surface area contributed by atoms with Crippen LogP contribution in [0.15, 0.2) is 48.5 Å². The summed E-state index contributed by atoms with van der Waals surface area (Å²) in [6.45, 7) is 4.92. The largest absolute Gasteiger partial charge is 0.496 e. The molecule has 2 N–H and O–H groups in total. The predicted molar refractivity (Wildman–Crippen MR) is 131 cm³/mol. The van der Waals surface area contributed by atoms with E-state index in [2.05, 4.69) is 28.7 Å². The van der Waals surface area contributed by atoms with Crippen molar-refractivity contribution in [3.05, 3.63) is 65.2 Å². The highest BCUT2D eigenvalue weighted by Gasteiger charge is 2.28. The molecular weight excluding hydrogens is 472 g/mol. The summed E-state index contributed by atoms with van der Waals surface area (Å²) in [4.78, 5) is 0. The van der Waals surface area contributed by atoms with E-state index in [1.54, 1.807) is 33.1 Å². The first kappa shape index (κ1) is 29.1. The van der Waals surface area contributed by atoms with Crippen molar-refractivity contribution in [2.45, 2.75) is 56.9 Å². The zero-order chi connectivity index (χ0) is 22.5. The lowest BCUT2D eigenvalue weighted by Gasteiger charge is -2.34.